The average molecular weight is 552 g/mol. The second-order valence-corrected chi connectivity index (χ2v) is 11.1. The molecule has 0 spiro atoms. The average Bonchev–Trinajstić information content (AvgIpc) is 2.84. The number of benzene rings is 3. The molecule has 3 aromatic rings. The van der Waals surface area contributed by atoms with Gasteiger partial charge in [0.2, 0.25) is 10.9 Å². The van der Waals surface area contributed by atoms with E-state index in [2.05, 4.69) is 10.6 Å². The Labute approximate surface area is 216 Å². The maximum Gasteiger partial charge on any atom is 0.319 e. The van der Waals surface area contributed by atoms with Gasteiger partial charge in [-0.2, -0.15) is 0 Å². The molecule has 12 heteroatoms. The van der Waals surface area contributed by atoms with Gasteiger partial charge < -0.3 is 15.5 Å². The van der Waals surface area contributed by atoms with Crippen LogP contribution in [0.25, 0.3) is 11.1 Å². The molecule has 1 fully saturated rings. The summed E-state index contributed by atoms with van der Waals surface area (Å²) >= 11 is 4.86. The number of hydrogen-bond donors (Lipinski definition) is 3. The zero-order valence-electron chi connectivity index (χ0n) is 19.5. The van der Waals surface area contributed by atoms with Gasteiger partial charge >= 0.3 is 6.03 Å². The van der Waals surface area contributed by atoms with Gasteiger partial charge in [-0.3, -0.25) is 4.79 Å². The Bertz CT molecular complexity index is 1500. The number of carbonyl (C=O) groups excluding carboxylic acids is 2. The maximum absolute atomic E-state index is 15.3. The first-order valence-corrected chi connectivity index (χ1v) is 13.5. The Kier molecular flexibility index (Phi) is 7.47. The van der Waals surface area contributed by atoms with E-state index in [-0.39, 0.29) is 45.4 Å². The molecule has 7 nitrogen and oxygen atoms in total. The van der Waals surface area contributed by atoms with Crippen molar-refractivity contribution in [2.45, 2.75) is 23.8 Å². The fourth-order valence-electron chi connectivity index (χ4n) is 4.15. The minimum absolute atomic E-state index is 0.0594. The third-order valence-corrected chi connectivity index (χ3v) is 7.33. The van der Waals surface area contributed by atoms with Crippen LogP contribution in [0.4, 0.5) is 29.3 Å². The van der Waals surface area contributed by atoms with Crippen LogP contribution in [0.15, 0.2) is 59.5 Å². The van der Waals surface area contributed by atoms with Crippen LogP contribution in [0.3, 0.4) is 0 Å². The third kappa shape index (κ3) is 5.57. The van der Waals surface area contributed by atoms with Gasteiger partial charge in [0.15, 0.2) is 29.1 Å². The molecule has 3 aromatic carbocycles. The van der Waals surface area contributed by atoms with E-state index in [1.165, 1.54) is 42.7 Å². The number of nitrogens with zero attached hydrogens (tertiary/aromatic N) is 1. The van der Waals surface area contributed by atoms with Crippen molar-refractivity contribution in [2.24, 2.45) is 0 Å². The van der Waals surface area contributed by atoms with Crippen molar-refractivity contribution in [1.82, 2.24) is 5.32 Å². The number of amides is 3. The number of nitrogens with one attached hydrogen (secondary N) is 3. The fraction of sp³-hybridized carbons (Fsp3) is 0.200. The van der Waals surface area contributed by atoms with E-state index in [9.17, 15) is 18.2 Å². The summed E-state index contributed by atoms with van der Waals surface area (Å²) in [5.41, 5.74) is -0.514. The molecule has 4 rings (SSSR count). The van der Waals surface area contributed by atoms with E-state index >= 15 is 8.78 Å². The van der Waals surface area contributed by atoms with Gasteiger partial charge in [-0.1, -0.05) is 18.2 Å². The van der Waals surface area contributed by atoms with E-state index in [0.717, 1.165) is 11.0 Å². The van der Waals surface area contributed by atoms with Crippen molar-refractivity contribution >= 4 is 33.0 Å². The van der Waals surface area contributed by atoms with E-state index < -0.39 is 45.2 Å². The predicted molar refractivity (Wildman–Crippen MR) is 131 cm³/mol. The molecule has 0 bridgehead atoms. The number of hydrogen-bond acceptors (Lipinski definition) is 4. The number of rotatable bonds is 5. The Balaban J connectivity index is 1.57. The molecule has 1 aliphatic heterocycles. The quantitative estimate of drug-likeness (QED) is 0.424. The molecule has 1 saturated heterocycles. The molecule has 1 aliphatic rings. The molecular weight excluding hydrogens is 529 g/mol. The van der Waals surface area contributed by atoms with Crippen LogP contribution < -0.4 is 15.5 Å². The van der Waals surface area contributed by atoms with Crippen molar-refractivity contribution in [2.75, 3.05) is 23.0 Å². The lowest BCUT2D eigenvalue weighted by molar-refractivity contribution is -0.289. The lowest BCUT2D eigenvalue weighted by Gasteiger charge is -2.33. The summed E-state index contributed by atoms with van der Waals surface area (Å²) in [7, 11) is -3.23. The summed E-state index contributed by atoms with van der Waals surface area (Å²) in [5.74, 6) is -3.93. The number of piperidine rings is 1. The van der Waals surface area contributed by atoms with Gasteiger partial charge in [-0.05, 0) is 37.1 Å². The van der Waals surface area contributed by atoms with Gasteiger partial charge in [0, 0.05) is 36.1 Å². The minimum atomic E-state index is -3.23. The second kappa shape index (κ2) is 10.4. The van der Waals surface area contributed by atoms with Gasteiger partial charge in [-0.25, -0.2) is 27.0 Å². The van der Waals surface area contributed by atoms with Gasteiger partial charge in [-0.15, -0.1) is 0 Å². The lowest BCUT2D eigenvalue weighted by Crippen LogP contribution is -2.53. The molecular formula is C25H23ClF3N4O3S+. The van der Waals surface area contributed by atoms with E-state index in [1.54, 1.807) is 12.1 Å². The van der Waals surface area contributed by atoms with Gasteiger partial charge in [0.05, 0.1) is 26.0 Å². The SMILES string of the molecule is CS(=N)(=O)c1ccccc1-c1ccc(N2CCC[C@@H](NC(=O)Nc3ccc([ClH+])cc3F)C2=O)c(F)c1F. The molecule has 0 saturated carbocycles. The molecule has 0 radical (unpaired) electrons. The summed E-state index contributed by atoms with van der Waals surface area (Å²) in [6, 6.07) is 10.4. The van der Waals surface area contributed by atoms with Crippen molar-refractivity contribution in [1.29, 1.82) is 4.78 Å². The van der Waals surface area contributed by atoms with Crippen molar-refractivity contribution < 1.29 is 38.6 Å². The lowest BCUT2D eigenvalue weighted by atomic mass is 10.0. The van der Waals surface area contributed by atoms with Gasteiger partial charge in [0.25, 0.3) is 0 Å². The Hall–Kier alpha value is -3.57. The van der Waals surface area contributed by atoms with Crippen molar-refractivity contribution in [3.8, 4) is 11.1 Å². The van der Waals surface area contributed by atoms with Crippen LogP contribution in [0.5, 0.6) is 0 Å². The zero-order valence-corrected chi connectivity index (χ0v) is 21.2. The fourth-order valence-corrected chi connectivity index (χ4v) is 5.25. The summed E-state index contributed by atoms with van der Waals surface area (Å²) in [4.78, 5) is 26.6. The Morgan fingerprint density at radius 3 is 2.51 bits per heavy atom. The maximum atomic E-state index is 15.3. The van der Waals surface area contributed by atoms with Gasteiger partial charge in [0.1, 0.15) is 6.04 Å². The predicted octanol–water partition coefficient (Wildman–Crippen LogP) is 4.82. The molecule has 2 atom stereocenters. The van der Waals surface area contributed by atoms with Crippen LogP contribution in [-0.2, 0) is 14.5 Å². The first kappa shape index (κ1) is 26.5. The second-order valence-electron chi connectivity index (χ2n) is 8.52. The Morgan fingerprint density at radius 2 is 1.81 bits per heavy atom. The number of anilines is 2. The molecule has 3 N–H and O–H groups in total. The molecule has 1 unspecified atom stereocenters. The van der Waals surface area contributed by atoms with Crippen molar-refractivity contribution in [3.05, 3.63) is 77.1 Å². The normalized spacial score (nSPS) is 17.3. The third-order valence-electron chi connectivity index (χ3n) is 5.88. The summed E-state index contributed by atoms with van der Waals surface area (Å²) in [6.45, 7) is 0.0926. The smallest absolute Gasteiger partial charge is 0.319 e. The van der Waals surface area contributed by atoms with E-state index in [0.29, 0.717) is 6.42 Å². The molecule has 0 aliphatic carbocycles. The van der Waals surface area contributed by atoms with Crippen LogP contribution in [0.2, 0.25) is 5.02 Å². The molecule has 3 amide bonds. The molecule has 194 valence electrons. The van der Waals surface area contributed by atoms with E-state index in [1.807, 2.05) is 0 Å². The Morgan fingerprint density at radius 1 is 1.08 bits per heavy atom. The molecule has 37 heavy (non-hydrogen) atoms. The highest BCUT2D eigenvalue weighted by Gasteiger charge is 2.33. The highest BCUT2D eigenvalue weighted by atomic mass is 35.5. The molecule has 0 aromatic heterocycles. The largest absolute Gasteiger partial charge is 0.326 e. The summed E-state index contributed by atoms with van der Waals surface area (Å²) < 4.78 is 64.7. The van der Waals surface area contributed by atoms with Crippen LogP contribution in [0.1, 0.15) is 12.8 Å². The summed E-state index contributed by atoms with van der Waals surface area (Å²) in [6.07, 6.45) is 1.82. The zero-order chi connectivity index (χ0) is 26.9. The van der Waals surface area contributed by atoms with Crippen LogP contribution >= 0.6 is 0 Å². The van der Waals surface area contributed by atoms with Crippen LogP contribution in [0, 0.1) is 33.8 Å². The topological polar surface area (TPSA) is 102 Å². The first-order chi connectivity index (χ1) is 17.5. The standard InChI is InChI=1S/C25H22ClF3N4O3S/c1-37(30,36)21-7-3-2-5-15(21)16-9-11-20(23(29)22(16)28)33-12-4-6-19(24(33)34)32-25(35)31-18-10-8-14(26)13-17(18)27/h2-3,5,7-11,13,19,26,30H,4,6,12H2,1H3,(H-,31,32,35)/p+1/t19-,37?/m1/s1. The van der Waals surface area contributed by atoms with E-state index in [4.69, 9.17) is 16.4 Å². The summed E-state index contributed by atoms with van der Waals surface area (Å²) in [5, 5.41) is 5.02. The highest BCUT2D eigenvalue weighted by molar-refractivity contribution is 7.91. The number of halogens is 4. The monoisotopic (exact) mass is 551 g/mol. The minimum Gasteiger partial charge on any atom is -0.326 e. The molecule has 1 heterocycles. The number of urea groups is 1. The first-order valence-electron chi connectivity index (χ1n) is 11.1. The van der Waals surface area contributed by atoms with Crippen LogP contribution in [-0.4, -0.2) is 35.0 Å². The highest BCUT2D eigenvalue weighted by Crippen LogP contribution is 2.35. The van der Waals surface area contributed by atoms with Crippen molar-refractivity contribution in [3.63, 3.8) is 0 Å². The number of carbonyl (C=O) groups is 2.